The zero-order valence-corrected chi connectivity index (χ0v) is 13.6. The fourth-order valence-corrected chi connectivity index (χ4v) is 5.06. The second kappa shape index (κ2) is 7.38. The summed E-state index contributed by atoms with van der Waals surface area (Å²) in [5, 5.41) is 0. The summed E-state index contributed by atoms with van der Waals surface area (Å²) in [6.07, 6.45) is 5.09. The molecule has 0 aromatic heterocycles. The number of hydrogen-bond donors (Lipinski definition) is 1. The minimum Gasteiger partial charge on any atom is -0.326 e. The first-order chi connectivity index (χ1) is 10.1. The van der Waals surface area contributed by atoms with Crippen LogP contribution in [0.4, 0.5) is 0 Å². The van der Waals surface area contributed by atoms with Crippen LogP contribution in [0.1, 0.15) is 50.2 Å². The summed E-state index contributed by atoms with van der Waals surface area (Å²) >= 11 is 0. The lowest BCUT2D eigenvalue weighted by molar-refractivity contribution is 0.314. The van der Waals surface area contributed by atoms with Crippen LogP contribution in [0.5, 0.6) is 0 Å². The van der Waals surface area contributed by atoms with Gasteiger partial charge in [0.15, 0.2) is 0 Å². The van der Waals surface area contributed by atoms with E-state index in [1.807, 2.05) is 24.3 Å². The first kappa shape index (κ1) is 16.5. The van der Waals surface area contributed by atoms with E-state index in [0.717, 1.165) is 43.2 Å². The Hall–Kier alpha value is -0.910. The van der Waals surface area contributed by atoms with Gasteiger partial charge in [0.25, 0.3) is 0 Å². The molecule has 118 valence electrons. The van der Waals surface area contributed by atoms with Gasteiger partial charge in [-0.3, -0.25) is 0 Å². The van der Waals surface area contributed by atoms with Gasteiger partial charge in [-0.05, 0) is 30.4 Å². The van der Waals surface area contributed by atoms with Gasteiger partial charge in [0.1, 0.15) is 0 Å². The predicted octanol–water partition coefficient (Wildman–Crippen LogP) is 2.63. The van der Waals surface area contributed by atoms with E-state index in [4.69, 9.17) is 5.73 Å². The minimum atomic E-state index is -3.28. The van der Waals surface area contributed by atoms with E-state index >= 15 is 0 Å². The largest absolute Gasteiger partial charge is 0.326 e. The predicted molar refractivity (Wildman–Crippen MR) is 86.2 cm³/mol. The van der Waals surface area contributed by atoms with Crippen molar-refractivity contribution >= 4 is 10.0 Å². The molecule has 1 aliphatic heterocycles. The molecule has 0 bridgehead atoms. The van der Waals surface area contributed by atoms with Crippen LogP contribution in [-0.4, -0.2) is 25.3 Å². The third-order valence-electron chi connectivity index (χ3n) is 4.33. The molecule has 1 saturated heterocycles. The van der Waals surface area contributed by atoms with Crippen molar-refractivity contribution in [2.24, 2.45) is 5.73 Å². The second-order valence-electron chi connectivity index (χ2n) is 5.75. The van der Waals surface area contributed by atoms with Crippen LogP contribution in [0.3, 0.4) is 0 Å². The summed E-state index contributed by atoms with van der Waals surface area (Å²) < 4.78 is 27.4. The van der Waals surface area contributed by atoms with Crippen molar-refractivity contribution in [1.82, 2.24) is 4.31 Å². The molecule has 1 aromatic carbocycles. The summed E-state index contributed by atoms with van der Waals surface area (Å²) in [6.45, 7) is 3.11. The lowest BCUT2D eigenvalue weighted by atomic mass is 10.1. The Labute approximate surface area is 128 Å². The van der Waals surface area contributed by atoms with Gasteiger partial charge < -0.3 is 5.73 Å². The van der Waals surface area contributed by atoms with Crippen molar-refractivity contribution < 1.29 is 8.42 Å². The molecule has 0 saturated carbocycles. The maximum atomic E-state index is 12.8. The molecule has 2 N–H and O–H groups in total. The maximum absolute atomic E-state index is 12.8. The summed E-state index contributed by atoms with van der Waals surface area (Å²) in [5.74, 6) is 0.0663. The SMILES string of the molecule is CCC1CCCCCN1S(=O)(=O)Cc1ccccc1CN. The molecule has 5 heteroatoms. The lowest BCUT2D eigenvalue weighted by Gasteiger charge is -2.28. The fraction of sp³-hybridized carbons (Fsp3) is 0.625. The smallest absolute Gasteiger partial charge is 0.218 e. The van der Waals surface area contributed by atoms with Gasteiger partial charge >= 0.3 is 0 Å². The first-order valence-corrected chi connectivity index (χ1v) is 9.45. The molecule has 1 heterocycles. The number of sulfonamides is 1. The molecule has 1 unspecified atom stereocenters. The van der Waals surface area contributed by atoms with Crippen LogP contribution in [0, 0.1) is 0 Å². The van der Waals surface area contributed by atoms with Crippen LogP contribution in [0.2, 0.25) is 0 Å². The Morgan fingerprint density at radius 2 is 1.90 bits per heavy atom. The molecule has 4 nitrogen and oxygen atoms in total. The molecule has 1 aliphatic rings. The quantitative estimate of drug-likeness (QED) is 0.909. The van der Waals surface area contributed by atoms with Crippen LogP contribution >= 0.6 is 0 Å². The highest BCUT2D eigenvalue weighted by atomic mass is 32.2. The maximum Gasteiger partial charge on any atom is 0.218 e. The molecule has 1 atom stereocenters. The number of hydrogen-bond acceptors (Lipinski definition) is 3. The first-order valence-electron chi connectivity index (χ1n) is 7.85. The Morgan fingerprint density at radius 3 is 2.57 bits per heavy atom. The van der Waals surface area contributed by atoms with E-state index in [1.54, 1.807) is 4.31 Å². The number of nitrogens with two attached hydrogens (primary N) is 1. The second-order valence-corrected chi connectivity index (χ2v) is 7.67. The normalized spacial score (nSPS) is 21.1. The summed E-state index contributed by atoms with van der Waals surface area (Å²) in [5.41, 5.74) is 7.47. The average molecular weight is 310 g/mol. The van der Waals surface area contributed by atoms with Crippen molar-refractivity contribution in [3.05, 3.63) is 35.4 Å². The minimum absolute atomic E-state index is 0.0663. The fourth-order valence-electron chi connectivity index (χ4n) is 3.10. The molecule has 1 aromatic rings. The van der Waals surface area contributed by atoms with Crippen LogP contribution < -0.4 is 5.73 Å². The zero-order valence-electron chi connectivity index (χ0n) is 12.8. The Kier molecular flexibility index (Phi) is 5.79. The van der Waals surface area contributed by atoms with Gasteiger partial charge in [-0.2, -0.15) is 4.31 Å². The third kappa shape index (κ3) is 4.05. The molecule has 0 amide bonds. The summed E-state index contributed by atoms with van der Waals surface area (Å²) in [6, 6.07) is 7.72. The Morgan fingerprint density at radius 1 is 1.19 bits per heavy atom. The number of nitrogens with zero attached hydrogens (tertiary/aromatic N) is 1. The van der Waals surface area contributed by atoms with E-state index in [0.29, 0.717) is 13.1 Å². The highest BCUT2D eigenvalue weighted by Gasteiger charge is 2.30. The molecule has 0 radical (unpaired) electrons. The highest BCUT2D eigenvalue weighted by Crippen LogP contribution is 2.25. The molecule has 21 heavy (non-hydrogen) atoms. The monoisotopic (exact) mass is 310 g/mol. The molecule has 1 fully saturated rings. The van der Waals surface area contributed by atoms with E-state index in [-0.39, 0.29) is 11.8 Å². The molecule has 0 aliphatic carbocycles. The van der Waals surface area contributed by atoms with Crippen molar-refractivity contribution in [3.8, 4) is 0 Å². The number of benzene rings is 1. The summed E-state index contributed by atoms with van der Waals surface area (Å²) in [4.78, 5) is 0. The molecule has 2 rings (SSSR count). The van der Waals surface area contributed by atoms with Crippen LogP contribution in [0.15, 0.2) is 24.3 Å². The van der Waals surface area contributed by atoms with E-state index < -0.39 is 10.0 Å². The van der Waals surface area contributed by atoms with E-state index in [9.17, 15) is 8.42 Å². The van der Waals surface area contributed by atoms with Crippen molar-refractivity contribution in [3.63, 3.8) is 0 Å². The van der Waals surface area contributed by atoms with Gasteiger partial charge in [0.2, 0.25) is 10.0 Å². The van der Waals surface area contributed by atoms with Gasteiger partial charge in [-0.25, -0.2) is 8.42 Å². The third-order valence-corrected chi connectivity index (χ3v) is 6.20. The molecular formula is C16H26N2O2S. The van der Waals surface area contributed by atoms with Crippen molar-refractivity contribution in [1.29, 1.82) is 0 Å². The van der Waals surface area contributed by atoms with E-state index in [1.165, 1.54) is 0 Å². The van der Waals surface area contributed by atoms with Gasteiger partial charge in [-0.1, -0.05) is 44.0 Å². The lowest BCUT2D eigenvalue weighted by Crippen LogP contribution is -2.40. The Bertz CT molecular complexity index is 557. The van der Waals surface area contributed by atoms with Crippen molar-refractivity contribution in [2.45, 2.75) is 57.4 Å². The van der Waals surface area contributed by atoms with Gasteiger partial charge in [-0.15, -0.1) is 0 Å². The zero-order chi connectivity index (χ0) is 15.3. The summed E-state index contributed by atoms with van der Waals surface area (Å²) in [7, 11) is -3.28. The van der Waals surface area contributed by atoms with Gasteiger partial charge in [0.05, 0.1) is 5.75 Å². The van der Waals surface area contributed by atoms with Crippen LogP contribution in [0.25, 0.3) is 0 Å². The Balaban J connectivity index is 2.23. The molecule has 0 spiro atoms. The standard InChI is InChI=1S/C16H26N2O2S/c1-2-16-10-4-3-7-11-18(16)21(19,20)13-15-9-6-5-8-14(15)12-17/h5-6,8-9,16H,2-4,7,10-13,17H2,1H3. The molecular weight excluding hydrogens is 284 g/mol. The van der Waals surface area contributed by atoms with Crippen molar-refractivity contribution in [2.75, 3.05) is 6.54 Å². The topological polar surface area (TPSA) is 63.4 Å². The van der Waals surface area contributed by atoms with Gasteiger partial charge in [0, 0.05) is 19.1 Å². The van der Waals surface area contributed by atoms with Crippen LogP contribution in [-0.2, 0) is 22.3 Å². The number of rotatable bonds is 5. The average Bonchev–Trinajstić information content (AvgIpc) is 2.73. The van der Waals surface area contributed by atoms with E-state index in [2.05, 4.69) is 6.92 Å². The highest BCUT2D eigenvalue weighted by molar-refractivity contribution is 7.88.